The van der Waals surface area contributed by atoms with E-state index in [0.717, 1.165) is 17.0 Å². The summed E-state index contributed by atoms with van der Waals surface area (Å²) in [5.41, 5.74) is 3.30. The van der Waals surface area contributed by atoms with E-state index in [1.54, 1.807) is 14.0 Å². The molecule has 1 aromatic heterocycles. The SMILES string of the molecule is CCOC(=O)c1c(C)[nH]c(COC)c1C. The number of rotatable bonds is 4. The summed E-state index contributed by atoms with van der Waals surface area (Å²) >= 11 is 0. The van der Waals surface area contributed by atoms with E-state index in [9.17, 15) is 4.79 Å². The molecule has 1 aromatic rings. The third-order valence-corrected chi connectivity index (χ3v) is 2.31. The molecule has 0 atom stereocenters. The molecule has 0 aliphatic carbocycles. The number of carbonyl (C=O) groups is 1. The van der Waals surface area contributed by atoms with Crippen LogP contribution in [0, 0.1) is 13.8 Å². The van der Waals surface area contributed by atoms with E-state index in [-0.39, 0.29) is 5.97 Å². The maximum Gasteiger partial charge on any atom is 0.340 e. The second kappa shape index (κ2) is 4.98. The highest BCUT2D eigenvalue weighted by molar-refractivity contribution is 5.92. The highest BCUT2D eigenvalue weighted by Crippen LogP contribution is 2.19. The predicted octanol–water partition coefficient (Wildman–Crippen LogP) is 1.95. The first kappa shape index (κ1) is 11.8. The summed E-state index contributed by atoms with van der Waals surface area (Å²) in [7, 11) is 1.62. The molecule has 84 valence electrons. The number of hydrogen-bond donors (Lipinski definition) is 1. The van der Waals surface area contributed by atoms with Crippen molar-refractivity contribution in [1.82, 2.24) is 4.98 Å². The summed E-state index contributed by atoms with van der Waals surface area (Å²) in [6.45, 7) is 6.42. The molecule has 0 fully saturated rings. The predicted molar refractivity (Wildman–Crippen MR) is 56.9 cm³/mol. The van der Waals surface area contributed by atoms with Crippen LogP contribution in [0.25, 0.3) is 0 Å². The fraction of sp³-hybridized carbons (Fsp3) is 0.545. The van der Waals surface area contributed by atoms with Gasteiger partial charge in [-0.05, 0) is 26.3 Å². The average molecular weight is 211 g/mol. The number of nitrogens with one attached hydrogen (secondary N) is 1. The zero-order valence-corrected chi connectivity index (χ0v) is 9.64. The summed E-state index contributed by atoms with van der Waals surface area (Å²) in [6.07, 6.45) is 0. The van der Waals surface area contributed by atoms with Gasteiger partial charge in [-0.2, -0.15) is 0 Å². The fourth-order valence-corrected chi connectivity index (χ4v) is 1.61. The van der Waals surface area contributed by atoms with Crippen molar-refractivity contribution in [1.29, 1.82) is 0 Å². The fourth-order valence-electron chi connectivity index (χ4n) is 1.61. The lowest BCUT2D eigenvalue weighted by molar-refractivity contribution is 0.0525. The minimum atomic E-state index is -0.272. The lowest BCUT2D eigenvalue weighted by Crippen LogP contribution is -2.06. The molecule has 0 radical (unpaired) electrons. The monoisotopic (exact) mass is 211 g/mol. The summed E-state index contributed by atoms with van der Waals surface area (Å²) in [4.78, 5) is 14.7. The number of aromatic amines is 1. The topological polar surface area (TPSA) is 51.3 Å². The molecule has 0 aromatic carbocycles. The Morgan fingerprint density at radius 3 is 2.60 bits per heavy atom. The van der Waals surface area contributed by atoms with Crippen molar-refractivity contribution in [3.63, 3.8) is 0 Å². The van der Waals surface area contributed by atoms with Gasteiger partial charge >= 0.3 is 5.97 Å². The molecule has 1 heterocycles. The molecule has 4 heteroatoms. The third kappa shape index (κ3) is 2.39. The number of methoxy groups -OCH3 is 1. The lowest BCUT2D eigenvalue weighted by atomic mass is 10.1. The van der Waals surface area contributed by atoms with Crippen LogP contribution in [0.3, 0.4) is 0 Å². The first-order valence-corrected chi connectivity index (χ1v) is 4.95. The molecule has 0 saturated carbocycles. The summed E-state index contributed by atoms with van der Waals surface area (Å²) in [6, 6.07) is 0. The van der Waals surface area contributed by atoms with Gasteiger partial charge in [-0.15, -0.1) is 0 Å². The molecule has 0 bridgehead atoms. The Labute approximate surface area is 89.6 Å². The van der Waals surface area contributed by atoms with Crippen molar-refractivity contribution >= 4 is 5.97 Å². The van der Waals surface area contributed by atoms with Gasteiger partial charge in [0.1, 0.15) is 0 Å². The van der Waals surface area contributed by atoms with Gasteiger partial charge in [0.15, 0.2) is 0 Å². The maximum atomic E-state index is 11.6. The standard InChI is InChI=1S/C11H17NO3/c1-5-15-11(13)10-7(2)9(6-14-4)12-8(10)3/h12H,5-6H2,1-4H3. The molecule has 0 spiro atoms. The van der Waals surface area contributed by atoms with Crippen LogP contribution in [0.5, 0.6) is 0 Å². The van der Waals surface area contributed by atoms with Crippen LogP contribution in [-0.2, 0) is 16.1 Å². The smallest absolute Gasteiger partial charge is 0.340 e. The first-order valence-electron chi connectivity index (χ1n) is 4.95. The van der Waals surface area contributed by atoms with Gasteiger partial charge in [-0.25, -0.2) is 4.79 Å². The van der Waals surface area contributed by atoms with Crippen molar-refractivity contribution in [3.05, 3.63) is 22.5 Å². The number of H-pyrrole nitrogens is 1. The zero-order chi connectivity index (χ0) is 11.4. The molecule has 0 unspecified atom stereocenters. The Balaban J connectivity index is 3.02. The Hall–Kier alpha value is -1.29. The largest absolute Gasteiger partial charge is 0.462 e. The molecule has 0 saturated heterocycles. The molecule has 4 nitrogen and oxygen atoms in total. The van der Waals surface area contributed by atoms with Crippen LogP contribution in [0.15, 0.2) is 0 Å². The highest BCUT2D eigenvalue weighted by atomic mass is 16.5. The molecule has 0 aliphatic heterocycles. The Morgan fingerprint density at radius 1 is 1.40 bits per heavy atom. The maximum absolute atomic E-state index is 11.6. The van der Waals surface area contributed by atoms with Crippen LogP contribution in [0.4, 0.5) is 0 Å². The van der Waals surface area contributed by atoms with Crippen molar-refractivity contribution in [3.8, 4) is 0 Å². The lowest BCUT2D eigenvalue weighted by Gasteiger charge is -2.02. The van der Waals surface area contributed by atoms with Gasteiger partial charge in [0.2, 0.25) is 0 Å². The van der Waals surface area contributed by atoms with Crippen LogP contribution in [-0.4, -0.2) is 24.7 Å². The van der Waals surface area contributed by atoms with Gasteiger partial charge in [0, 0.05) is 18.5 Å². The van der Waals surface area contributed by atoms with Gasteiger partial charge in [0.25, 0.3) is 0 Å². The normalized spacial score (nSPS) is 10.4. The second-order valence-electron chi connectivity index (χ2n) is 3.38. The van der Waals surface area contributed by atoms with Crippen LogP contribution in [0.2, 0.25) is 0 Å². The van der Waals surface area contributed by atoms with E-state index >= 15 is 0 Å². The number of aromatic nitrogens is 1. The van der Waals surface area contributed by atoms with Gasteiger partial charge in [-0.3, -0.25) is 0 Å². The van der Waals surface area contributed by atoms with Gasteiger partial charge < -0.3 is 14.5 Å². The summed E-state index contributed by atoms with van der Waals surface area (Å²) in [5, 5.41) is 0. The Bertz CT molecular complexity index is 355. The quantitative estimate of drug-likeness (QED) is 0.774. The van der Waals surface area contributed by atoms with E-state index in [2.05, 4.69) is 4.98 Å². The molecule has 1 rings (SSSR count). The molecular weight excluding hydrogens is 194 g/mol. The Morgan fingerprint density at radius 2 is 2.07 bits per heavy atom. The van der Waals surface area contributed by atoms with E-state index in [1.165, 1.54) is 0 Å². The number of ether oxygens (including phenoxy) is 2. The molecule has 0 amide bonds. The third-order valence-electron chi connectivity index (χ3n) is 2.31. The number of carbonyl (C=O) groups excluding carboxylic acids is 1. The van der Waals surface area contributed by atoms with Crippen LogP contribution in [0.1, 0.15) is 34.2 Å². The van der Waals surface area contributed by atoms with Crippen molar-refractivity contribution in [2.75, 3.05) is 13.7 Å². The van der Waals surface area contributed by atoms with Gasteiger partial charge in [-0.1, -0.05) is 0 Å². The second-order valence-corrected chi connectivity index (χ2v) is 3.38. The van der Waals surface area contributed by atoms with Crippen LogP contribution < -0.4 is 0 Å². The van der Waals surface area contributed by atoms with E-state index in [0.29, 0.717) is 18.8 Å². The zero-order valence-electron chi connectivity index (χ0n) is 9.64. The molecule has 0 aliphatic rings. The van der Waals surface area contributed by atoms with E-state index < -0.39 is 0 Å². The van der Waals surface area contributed by atoms with E-state index in [4.69, 9.17) is 9.47 Å². The number of aryl methyl sites for hydroxylation is 1. The minimum absolute atomic E-state index is 0.272. The first-order chi connectivity index (χ1) is 7.11. The Kier molecular flexibility index (Phi) is 3.91. The average Bonchev–Trinajstić information content (AvgIpc) is 2.43. The summed E-state index contributed by atoms with van der Waals surface area (Å²) in [5.74, 6) is -0.272. The summed E-state index contributed by atoms with van der Waals surface area (Å²) < 4.78 is 10.0. The van der Waals surface area contributed by atoms with E-state index in [1.807, 2.05) is 13.8 Å². The molecular formula is C11H17NO3. The van der Waals surface area contributed by atoms with Crippen molar-refractivity contribution < 1.29 is 14.3 Å². The van der Waals surface area contributed by atoms with Crippen molar-refractivity contribution in [2.24, 2.45) is 0 Å². The van der Waals surface area contributed by atoms with Crippen molar-refractivity contribution in [2.45, 2.75) is 27.4 Å². The molecule has 1 N–H and O–H groups in total. The van der Waals surface area contributed by atoms with Gasteiger partial charge in [0.05, 0.1) is 18.8 Å². The molecule has 15 heavy (non-hydrogen) atoms. The number of hydrogen-bond acceptors (Lipinski definition) is 3. The highest BCUT2D eigenvalue weighted by Gasteiger charge is 2.18. The van der Waals surface area contributed by atoms with Crippen LogP contribution >= 0.6 is 0 Å². The number of esters is 1. The minimum Gasteiger partial charge on any atom is -0.462 e.